The third-order valence-electron chi connectivity index (χ3n) is 3.05. The van der Waals surface area contributed by atoms with Crippen LogP contribution in [0.4, 0.5) is 0 Å². The molecule has 1 heterocycles. The number of hydrogen-bond donors (Lipinski definition) is 0. The molecule has 1 aliphatic rings. The van der Waals surface area contributed by atoms with Crippen LogP contribution in [0.3, 0.4) is 0 Å². The Morgan fingerprint density at radius 2 is 1.93 bits per heavy atom. The van der Waals surface area contributed by atoms with Crippen molar-refractivity contribution >= 4 is 0 Å². The quantitative estimate of drug-likeness (QED) is 0.680. The summed E-state index contributed by atoms with van der Waals surface area (Å²) in [5.41, 5.74) is 1.19. The molecule has 2 rings (SSSR count). The first kappa shape index (κ1) is 9.75. The molecule has 1 fully saturated rings. The normalized spacial score (nSPS) is 19.1. The summed E-state index contributed by atoms with van der Waals surface area (Å²) in [6.07, 6.45) is 5.24. The Morgan fingerprint density at radius 3 is 2.43 bits per heavy atom. The van der Waals surface area contributed by atoms with E-state index in [4.69, 9.17) is 4.52 Å². The lowest BCUT2D eigenvalue weighted by Crippen LogP contribution is -2.11. The van der Waals surface area contributed by atoms with Crippen molar-refractivity contribution in [3.8, 4) is 0 Å². The van der Waals surface area contributed by atoms with E-state index in [0.29, 0.717) is 5.92 Å². The van der Waals surface area contributed by atoms with Crippen molar-refractivity contribution < 1.29 is 4.52 Å². The molecule has 0 atom stereocenters. The van der Waals surface area contributed by atoms with Crippen LogP contribution in [0.15, 0.2) is 10.6 Å². The van der Waals surface area contributed by atoms with Crippen LogP contribution in [-0.4, -0.2) is 5.16 Å². The van der Waals surface area contributed by atoms with E-state index in [2.05, 4.69) is 32.0 Å². The van der Waals surface area contributed by atoms with Gasteiger partial charge in [0.15, 0.2) is 0 Å². The van der Waals surface area contributed by atoms with Crippen molar-refractivity contribution in [2.24, 2.45) is 0 Å². The molecule has 0 unspecified atom stereocenters. The number of rotatable bonds is 1. The van der Waals surface area contributed by atoms with Crippen LogP contribution >= 0.6 is 0 Å². The average molecular weight is 193 g/mol. The van der Waals surface area contributed by atoms with Crippen LogP contribution in [0.5, 0.6) is 0 Å². The summed E-state index contributed by atoms with van der Waals surface area (Å²) < 4.78 is 5.43. The molecule has 0 aromatic carbocycles. The minimum Gasteiger partial charge on any atom is -0.361 e. The molecule has 0 saturated heterocycles. The Kier molecular flexibility index (Phi) is 2.38. The summed E-state index contributed by atoms with van der Waals surface area (Å²) in [6.45, 7) is 6.51. The molecule has 1 aromatic rings. The highest BCUT2D eigenvalue weighted by atomic mass is 16.5. The van der Waals surface area contributed by atoms with E-state index >= 15 is 0 Å². The maximum absolute atomic E-state index is 5.43. The van der Waals surface area contributed by atoms with Gasteiger partial charge in [0.05, 0.1) is 5.69 Å². The number of hydrogen-bond acceptors (Lipinski definition) is 2. The first-order valence-electron chi connectivity index (χ1n) is 5.54. The van der Waals surface area contributed by atoms with Crippen molar-refractivity contribution in [3.63, 3.8) is 0 Å². The van der Waals surface area contributed by atoms with Gasteiger partial charge in [-0.25, -0.2) is 0 Å². The van der Waals surface area contributed by atoms with Crippen molar-refractivity contribution in [3.05, 3.63) is 17.5 Å². The topological polar surface area (TPSA) is 26.0 Å². The molecule has 0 aliphatic heterocycles. The van der Waals surface area contributed by atoms with Gasteiger partial charge in [0.25, 0.3) is 0 Å². The van der Waals surface area contributed by atoms with Crippen LogP contribution < -0.4 is 0 Å². The summed E-state index contributed by atoms with van der Waals surface area (Å²) in [5.74, 6) is 1.74. The Balaban J connectivity index is 2.17. The summed E-state index contributed by atoms with van der Waals surface area (Å²) in [6, 6.07) is 2.15. The van der Waals surface area contributed by atoms with Gasteiger partial charge in [-0.2, -0.15) is 0 Å². The fraction of sp³-hybridized carbons (Fsp3) is 0.750. The second-order valence-electron chi connectivity index (χ2n) is 5.35. The Bertz CT molecular complexity index is 302. The van der Waals surface area contributed by atoms with Crippen molar-refractivity contribution in [2.45, 2.75) is 57.8 Å². The van der Waals surface area contributed by atoms with E-state index in [0.717, 1.165) is 11.5 Å². The first-order chi connectivity index (χ1) is 6.57. The minimum atomic E-state index is 0.111. The molecule has 0 amide bonds. The lowest BCUT2D eigenvalue weighted by atomic mass is 9.91. The van der Waals surface area contributed by atoms with E-state index in [-0.39, 0.29) is 5.41 Å². The van der Waals surface area contributed by atoms with Gasteiger partial charge >= 0.3 is 0 Å². The zero-order valence-electron chi connectivity index (χ0n) is 9.34. The van der Waals surface area contributed by atoms with Gasteiger partial charge in [-0.05, 0) is 12.8 Å². The molecule has 0 bridgehead atoms. The highest BCUT2D eigenvalue weighted by molar-refractivity contribution is 5.17. The molecule has 1 aliphatic carbocycles. The van der Waals surface area contributed by atoms with Gasteiger partial charge in [-0.15, -0.1) is 0 Å². The highest BCUT2D eigenvalue weighted by Gasteiger charge is 2.24. The summed E-state index contributed by atoms with van der Waals surface area (Å²) in [5, 5.41) is 4.16. The smallest absolute Gasteiger partial charge is 0.140 e. The van der Waals surface area contributed by atoms with Crippen LogP contribution in [0.2, 0.25) is 0 Å². The summed E-state index contributed by atoms with van der Waals surface area (Å²) >= 11 is 0. The lowest BCUT2D eigenvalue weighted by Gasteiger charge is -2.12. The van der Waals surface area contributed by atoms with Crippen LogP contribution in [-0.2, 0) is 5.41 Å². The monoisotopic (exact) mass is 193 g/mol. The number of aromatic nitrogens is 1. The maximum Gasteiger partial charge on any atom is 0.140 e. The fourth-order valence-corrected chi connectivity index (χ4v) is 2.05. The van der Waals surface area contributed by atoms with Gasteiger partial charge in [-0.1, -0.05) is 38.8 Å². The standard InChI is InChI=1S/C12H19NO/c1-12(2,3)11-8-10(14-13-11)9-6-4-5-7-9/h8-9H,4-7H2,1-3H3. The fourth-order valence-electron chi connectivity index (χ4n) is 2.05. The van der Waals surface area contributed by atoms with Crippen LogP contribution in [0.1, 0.15) is 63.8 Å². The molecule has 0 radical (unpaired) electrons. The molecular formula is C12H19NO. The van der Waals surface area contributed by atoms with Gasteiger partial charge in [0, 0.05) is 17.4 Å². The molecule has 0 spiro atoms. The average Bonchev–Trinajstić information content (AvgIpc) is 2.73. The second kappa shape index (κ2) is 3.41. The second-order valence-corrected chi connectivity index (χ2v) is 5.35. The van der Waals surface area contributed by atoms with E-state index in [1.165, 1.54) is 25.7 Å². The molecule has 1 saturated carbocycles. The van der Waals surface area contributed by atoms with Gasteiger partial charge < -0.3 is 4.52 Å². The lowest BCUT2D eigenvalue weighted by molar-refractivity contribution is 0.346. The molecule has 2 heteroatoms. The third kappa shape index (κ3) is 1.84. The molecular weight excluding hydrogens is 174 g/mol. The van der Waals surface area contributed by atoms with Crippen molar-refractivity contribution in [1.29, 1.82) is 0 Å². The van der Waals surface area contributed by atoms with E-state index in [1.807, 2.05) is 0 Å². The highest BCUT2D eigenvalue weighted by Crippen LogP contribution is 2.35. The first-order valence-corrected chi connectivity index (χ1v) is 5.54. The Hall–Kier alpha value is -0.790. The molecule has 2 nitrogen and oxygen atoms in total. The largest absolute Gasteiger partial charge is 0.361 e. The maximum atomic E-state index is 5.43. The molecule has 1 aromatic heterocycles. The molecule has 14 heavy (non-hydrogen) atoms. The minimum absolute atomic E-state index is 0.111. The van der Waals surface area contributed by atoms with Crippen molar-refractivity contribution in [2.75, 3.05) is 0 Å². The van der Waals surface area contributed by atoms with E-state index in [1.54, 1.807) is 0 Å². The van der Waals surface area contributed by atoms with E-state index in [9.17, 15) is 0 Å². The van der Waals surface area contributed by atoms with Gasteiger partial charge in [-0.3, -0.25) is 0 Å². The molecule has 0 N–H and O–H groups in total. The van der Waals surface area contributed by atoms with Gasteiger partial charge in [0.1, 0.15) is 5.76 Å². The predicted octanol–water partition coefficient (Wildman–Crippen LogP) is 3.63. The van der Waals surface area contributed by atoms with Crippen LogP contribution in [0, 0.1) is 0 Å². The predicted molar refractivity (Wildman–Crippen MR) is 56.4 cm³/mol. The van der Waals surface area contributed by atoms with Gasteiger partial charge in [0.2, 0.25) is 0 Å². The number of nitrogens with zero attached hydrogens (tertiary/aromatic N) is 1. The van der Waals surface area contributed by atoms with E-state index < -0.39 is 0 Å². The molecule has 78 valence electrons. The Labute approximate surface area is 85.7 Å². The van der Waals surface area contributed by atoms with Crippen molar-refractivity contribution in [1.82, 2.24) is 5.16 Å². The SMILES string of the molecule is CC(C)(C)c1cc(C2CCCC2)on1. The summed E-state index contributed by atoms with van der Waals surface area (Å²) in [7, 11) is 0. The zero-order chi connectivity index (χ0) is 10.2. The Morgan fingerprint density at radius 1 is 1.29 bits per heavy atom. The summed E-state index contributed by atoms with van der Waals surface area (Å²) in [4.78, 5) is 0. The third-order valence-corrected chi connectivity index (χ3v) is 3.05. The van der Waals surface area contributed by atoms with Crippen LogP contribution in [0.25, 0.3) is 0 Å². The zero-order valence-corrected chi connectivity index (χ0v) is 9.34.